The van der Waals surface area contributed by atoms with Gasteiger partial charge in [-0.2, -0.15) is 0 Å². The number of hydrogen-bond acceptors (Lipinski definition) is 3. The molecule has 3 N–H and O–H groups in total. The van der Waals surface area contributed by atoms with Crippen LogP contribution in [-0.4, -0.2) is 25.0 Å². The summed E-state index contributed by atoms with van der Waals surface area (Å²) in [6.07, 6.45) is 4.46. The molecule has 0 radical (unpaired) electrons. The lowest BCUT2D eigenvalue weighted by Crippen LogP contribution is -2.41. The second-order valence-corrected chi connectivity index (χ2v) is 5.59. The van der Waals surface area contributed by atoms with Crippen LogP contribution in [-0.2, 0) is 11.3 Å². The minimum absolute atomic E-state index is 0.190. The van der Waals surface area contributed by atoms with E-state index in [-0.39, 0.29) is 18.3 Å². The molecule has 4 nitrogen and oxygen atoms in total. The third-order valence-corrected chi connectivity index (χ3v) is 4.01. The number of nitrogens with one attached hydrogen (secondary N) is 1. The van der Waals surface area contributed by atoms with Crippen molar-refractivity contribution < 1.29 is 9.18 Å². The van der Waals surface area contributed by atoms with E-state index in [0.29, 0.717) is 12.6 Å². The molecule has 0 aromatic heterocycles. The normalized spacial score (nSPS) is 15.3. The molecule has 1 aliphatic rings. The van der Waals surface area contributed by atoms with Crippen LogP contribution in [0, 0.1) is 5.82 Å². The fraction of sp³-hybridized carbons (Fsp3) is 0.562. The first kappa shape index (κ1) is 15.8. The Bertz CT molecular complexity index is 486. The van der Waals surface area contributed by atoms with E-state index in [9.17, 15) is 9.18 Å². The van der Waals surface area contributed by atoms with Gasteiger partial charge in [-0.3, -0.25) is 4.79 Å². The van der Waals surface area contributed by atoms with Gasteiger partial charge in [-0.25, -0.2) is 4.39 Å². The summed E-state index contributed by atoms with van der Waals surface area (Å²) in [6.45, 7) is 3.60. The Morgan fingerprint density at radius 2 is 2.14 bits per heavy atom. The van der Waals surface area contributed by atoms with Crippen molar-refractivity contribution in [2.75, 3.05) is 18.0 Å². The molecule has 1 aromatic carbocycles. The number of primary amides is 1. The summed E-state index contributed by atoms with van der Waals surface area (Å²) in [5, 5.41) is 3.22. The SMILES string of the molecule is CCNCc1cc(F)ccc1N(CC(N)=O)C1CCCC1. The fourth-order valence-corrected chi connectivity index (χ4v) is 3.03. The molecule has 1 saturated carbocycles. The number of amides is 1. The summed E-state index contributed by atoms with van der Waals surface area (Å²) < 4.78 is 13.5. The summed E-state index contributed by atoms with van der Waals surface area (Å²) in [5.74, 6) is -0.599. The van der Waals surface area contributed by atoms with Gasteiger partial charge < -0.3 is 16.0 Å². The standard InChI is InChI=1S/C16H24FN3O/c1-2-19-10-12-9-13(17)7-8-15(12)20(11-16(18)21)14-5-3-4-6-14/h7-9,14,19H,2-6,10-11H2,1H3,(H2,18,21). The van der Waals surface area contributed by atoms with Crippen molar-refractivity contribution in [3.8, 4) is 0 Å². The predicted octanol–water partition coefficient (Wildman–Crippen LogP) is 2.17. The van der Waals surface area contributed by atoms with Gasteiger partial charge in [0.25, 0.3) is 0 Å². The molecule has 0 heterocycles. The van der Waals surface area contributed by atoms with Crippen LogP contribution in [0.5, 0.6) is 0 Å². The first-order chi connectivity index (χ1) is 10.1. The van der Waals surface area contributed by atoms with Crippen molar-refractivity contribution in [3.63, 3.8) is 0 Å². The van der Waals surface area contributed by atoms with Gasteiger partial charge in [0.15, 0.2) is 0 Å². The molecule has 5 heteroatoms. The number of carbonyl (C=O) groups is 1. The van der Waals surface area contributed by atoms with Gasteiger partial charge in [-0.05, 0) is 43.1 Å². The molecular weight excluding hydrogens is 269 g/mol. The molecule has 0 spiro atoms. The summed E-state index contributed by atoms with van der Waals surface area (Å²) >= 11 is 0. The molecule has 0 bridgehead atoms. The van der Waals surface area contributed by atoms with E-state index >= 15 is 0 Å². The lowest BCUT2D eigenvalue weighted by atomic mass is 10.1. The van der Waals surface area contributed by atoms with Crippen LogP contribution in [0.4, 0.5) is 10.1 Å². The Kier molecular flexibility index (Phi) is 5.56. The van der Waals surface area contributed by atoms with Crippen LogP contribution in [0.1, 0.15) is 38.2 Å². The van der Waals surface area contributed by atoms with Crippen molar-refractivity contribution in [3.05, 3.63) is 29.6 Å². The maximum absolute atomic E-state index is 13.5. The second kappa shape index (κ2) is 7.41. The van der Waals surface area contributed by atoms with Gasteiger partial charge in [0.2, 0.25) is 5.91 Å². The van der Waals surface area contributed by atoms with Crippen molar-refractivity contribution in [2.24, 2.45) is 5.73 Å². The Hall–Kier alpha value is -1.62. The molecule has 1 aliphatic carbocycles. The van der Waals surface area contributed by atoms with Gasteiger partial charge in [0.05, 0.1) is 6.54 Å². The number of nitrogens with two attached hydrogens (primary N) is 1. The maximum Gasteiger partial charge on any atom is 0.236 e. The molecule has 0 atom stereocenters. The average molecular weight is 293 g/mol. The Balaban J connectivity index is 2.30. The molecule has 1 amide bonds. The van der Waals surface area contributed by atoms with E-state index in [1.807, 2.05) is 6.92 Å². The van der Waals surface area contributed by atoms with Crippen LogP contribution in [0.15, 0.2) is 18.2 Å². The highest BCUT2D eigenvalue weighted by molar-refractivity contribution is 5.80. The van der Waals surface area contributed by atoms with Gasteiger partial charge in [-0.15, -0.1) is 0 Å². The number of halogens is 1. The third kappa shape index (κ3) is 4.17. The molecule has 0 unspecified atom stereocenters. The minimum atomic E-state index is -0.347. The topological polar surface area (TPSA) is 58.4 Å². The Morgan fingerprint density at radius 1 is 1.43 bits per heavy atom. The van der Waals surface area contributed by atoms with Crippen LogP contribution in [0.2, 0.25) is 0 Å². The zero-order valence-corrected chi connectivity index (χ0v) is 12.6. The quantitative estimate of drug-likeness (QED) is 0.810. The lowest BCUT2D eigenvalue weighted by molar-refractivity contribution is -0.116. The van der Waals surface area contributed by atoms with E-state index in [4.69, 9.17) is 5.73 Å². The first-order valence-corrected chi connectivity index (χ1v) is 7.66. The summed E-state index contributed by atoms with van der Waals surface area (Å²) in [4.78, 5) is 13.5. The zero-order valence-electron chi connectivity index (χ0n) is 12.6. The molecule has 1 aromatic rings. The van der Waals surface area contributed by atoms with Crippen LogP contribution < -0.4 is 16.0 Å². The highest BCUT2D eigenvalue weighted by Gasteiger charge is 2.25. The number of rotatable bonds is 7. The highest BCUT2D eigenvalue weighted by atomic mass is 19.1. The monoisotopic (exact) mass is 293 g/mol. The number of hydrogen-bond donors (Lipinski definition) is 2. The number of benzene rings is 1. The predicted molar refractivity (Wildman–Crippen MR) is 82.6 cm³/mol. The van der Waals surface area contributed by atoms with Crippen LogP contribution in [0.3, 0.4) is 0 Å². The highest BCUT2D eigenvalue weighted by Crippen LogP contribution is 2.30. The lowest BCUT2D eigenvalue weighted by Gasteiger charge is -2.32. The van der Waals surface area contributed by atoms with Crippen molar-refractivity contribution >= 4 is 11.6 Å². The fourth-order valence-electron chi connectivity index (χ4n) is 3.03. The van der Waals surface area contributed by atoms with Crippen molar-refractivity contribution in [2.45, 2.75) is 45.2 Å². The van der Waals surface area contributed by atoms with E-state index in [0.717, 1.165) is 30.6 Å². The summed E-state index contributed by atoms with van der Waals surface area (Å²) in [5.41, 5.74) is 7.21. The molecule has 0 saturated heterocycles. The van der Waals surface area contributed by atoms with Crippen molar-refractivity contribution in [1.82, 2.24) is 5.32 Å². The van der Waals surface area contributed by atoms with Crippen molar-refractivity contribution in [1.29, 1.82) is 0 Å². The molecule has 21 heavy (non-hydrogen) atoms. The molecule has 2 rings (SSSR count). The van der Waals surface area contributed by atoms with Crippen LogP contribution >= 0.6 is 0 Å². The van der Waals surface area contributed by atoms with Crippen LogP contribution in [0.25, 0.3) is 0 Å². The molecule has 0 aliphatic heterocycles. The third-order valence-electron chi connectivity index (χ3n) is 4.01. The van der Waals surface area contributed by atoms with E-state index in [1.165, 1.54) is 18.9 Å². The minimum Gasteiger partial charge on any atom is -0.368 e. The summed E-state index contributed by atoms with van der Waals surface area (Å²) in [7, 11) is 0. The van der Waals surface area contributed by atoms with E-state index in [2.05, 4.69) is 10.2 Å². The number of nitrogens with zero attached hydrogens (tertiary/aromatic N) is 1. The van der Waals surface area contributed by atoms with E-state index < -0.39 is 0 Å². The molecule has 116 valence electrons. The van der Waals surface area contributed by atoms with Gasteiger partial charge >= 0.3 is 0 Å². The van der Waals surface area contributed by atoms with Gasteiger partial charge in [0, 0.05) is 18.3 Å². The zero-order chi connectivity index (χ0) is 15.2. The Labute approximate surface area is 125 Å². The van der Waals surface area contributed by atoms with Gasteiger partial charge in [0.1, 0.15) is 5.82 Å². The number of carbonyl (C=O) groups excluding carboxylic acids is 1. The molecular formula is C16H24FN3O. The summed E-state index contributed by atoms with van der Waals surface area (Å²) in [6, 6.07) is 5.08. The van der Waals surface area contributed by atoms with E-state index in [1.54, 1.807) is 12.1 Å². The Morgan fingerprint density at radius 3 is 2.76 bits per heavy atom. The smallest absolute Gasteiger partial charge is 0.236 e. The maximum atomic E-state index is 13.5. The number of anilines is 1. The van der Waals surface area contributed by atoms with Gasteiger partial charge in [-0.1, -0.05) is 19.8 Å². The molecule has 1 fully saturated rings. The average Bonchev–Trinajstić information content (AvgIpc) is 2.97. The second-order valence-electron chi connectivity index (χ2n) is 5.59. The largest absolute Gasteiger partial charge is 0.368 e. The first-order valence-electron chi connectivity index (χ1n) is 7.66.